The van der Waals surface area contributed by atoms with Gasteiger partial charge in [-0.25, -0.2) is 4.79 Å². The molecular formula is C81H134N6O58. The Hall–Kier alpha value is -5.71. The summed E-state index contributed by atoms with van der Waals surface area (Å²) in [5, 5.41) is 356. The third-order valence-electron chi connectivity index (χ3n) is 26.3. The van der Waals surface area contributed by atoms with Crippen LogP contribution in [0.15, 0.2) is 0 Å². The lowest BCUT2D eigenvalue weighted by atomic mass is 9.88. The number of aliphatic carboxylic acids is 1. The van der Waals surface area contributed by atoms with Gasteiger partial charge >= 0.3 is 5.97 Å². The van der Waals surface area contributed by atoms with Crippen molar-refractivity contribution < 1.29 is 286 Å². The van der Waals surface area contributed by atoms with Gasteiger partial charge in [-0.2, -0.15) is 0 Å². The van der Waals surface area contributed by atoms with Crippen LogP contribution in [0.25, 0.3) is 0 Å². The molecule has 64 heteroatoms. The molecular weight excluding hydrogens is 1980 g/mol. The predicted molar refractivity (Wildman–Crippen MR) is 448 cm³/mol. The molecule has 11 fully saturated rings. The van der Waals surface area contributed by atoms with Crippen molar-refractivity contribution in [2.45, 2.75) is 398 Å². The molecule has 0 aromatic heterocycles. The van der Waals surface area contributed by atoms with Crippen molar-refractivity contribution in [3.8, 4) is 0 Å². The number of aliphatic hydroxyl groups excluding tert-OH is 29. The summed E-state index contributed by atoms with van der Waals surface area (Å²) in [7, 11) is 0. The van der Waals surface area contributed by atoms with Gasteiger partial charge in [-0.1, -0.05) is 0 Å². The summed E-state index contributed by atoms with van der Waals surface area (Å²) < 4.78 is 128. The minimum Gasteiger partial charge on any atom is -0.477 e. The van der Waals surface area contributed by atoms with Crippen LogP contribution in [0.1, 0.15) is 54.9 Å². The molecule has 145 heavy (non-hydrogen) atoms. The lowest BCUT2D eigenvalue weighted by molar-refractivity contribution is -0.409. The van der Waals surface area contributed by atoms with Crippen LogP contribution in [0.5, 0.6) is 0 Å². The molecule has 0 aliphatic carbocycles. The van der Waals surface area contributed by atoms with E-state index in [2.05, 4.69) is 31.9 Å². The van der Waals surface area contributed by atoms with E-state index in [1.165, 1.54) is 6.92 Å². The van der Waals surface area contributed by atoms with E-state index in [-0.39, 0.29) is 0 Å². The highest BCUT2D eigenvalue weighted by atomic mass is 16.8. The number of hydrogen-bond donors (Lipinski definition) is 36. The van der Waals surface area contributed by atoms with Gasteiger partial charge in [0.2, 0.25) is 35.4 Å². The van der Waals surface area contributed by atoms with Crippen LogP contribution < -0.4 is 31.9 Å². The van der Waals surface area contributed by atoms with Gasteiger partial charge in [-0.05, 0) is 6.92 Å². The van der Waals surface area contributed by atoms with Crippen LogP contribution in [0.2, 0.25) is 0 Å². The van der Waals surface area contributed by atoms with Crippen LogP contribution in [0.4, 0.5) is 0 Å². The molecule has 0 aromatic rings. The summed E-state index contributed by atoms with van der Waals surface area (Å²) in [5.74, 6) is -11.6. The minimum atomic E-state index is -3.37. The lowest BCUT2D eigenvalue weighted by Gasteiger charge is -2.52. The number of aliphatic hydroxyl groups is 29. The van der Waals surface area contributed by atoms with Crippen molar-refractivity contribution in [3.05, 3.63) is 0 Å². The molecule has 6 amide bonds. The fraction of sp³-hybridized carbons (Fsp3) is 0.914. The number of nitrogens with one attached hydrogen (secondary N) is 6. The van der Waals surface area contributed by atoms with Crippen molar-refractivity contribution in [3.63, 3.8) is 0 Å². The van der Waals surface area contributed by atoms with E-state index in [0.717, 1.165) is 41.5 Å². The quantitative estimate of drug-likeness (QED) is 0.0272. The zero-order valence-corrected chi connectivity index (χ0v) is 78.4. The predicted octanol–water partition coefficient (Wildman–Crippen LogP) is -23.9. The largest absolute Gasteiger partial charge is 0.477 e. The molecule has 0 bridgehead atoms. The van der Waals surface area contributed by atoms with Crippen molar-refractivity contribution >= 4 is 41.4 Å². The Morgan fingerprint density at radius 2 is 0.614 bits per heavy atom. The van der Waals surface area contributed by atoms with Crippen LogP contribution in [-0.2, 0) is 133 Å². The number of rotatable bonds is 39. The Morgan fingerprint density at radius 3 is 1.04 bits per heavy atom. The zero-order valence-electron chi connectivity index (χ0n) is 78.4. The molecule has 0 spiro atoms. The molecule has 1 unspecified atom stereocenters. The topological polar surface area (TPSA) is 992 Å². The fourth-order valence-electron chi connectivity index (χ4n) is 18.8. The summed E-state index contributed by atoms with van der Waals surface area (Å²) in [5.41, 5.74) is 0. The maximum Gasteiger partial charge on any atom is 0.364 e. The molecule has 11 saturated heterocycles. The van der Waals surface area contributed by atoms with Crippen LogP contribution in [0, 0.1) is 0 Å². The normalized spacial score (nSPS) is 47.2. The van der Waals surface area contributed by atoms with Crippen molar-refractivity contribution in [1.82, 2.24) is 31.9 Å². The Balaban J connectivity index is 1.00. The Morgan fingerprint density at radius 1 is 0.297 bits per heavy atom. The van der Waals surface area contributed by atoms with Crippen molar-refractivity contribution in [2.24, 2.45) is 0 Å². The Labute approximate surface area is 821 Å². The van der Waals surface area contributed by atoms with E-state index < -0.39 is 457 Å². The van der Waals surface area contributed by atoms with E-state index >= 15 is 0 Å². The van der Waals surface area contributed by atoms with E-state index in [1.54, 1.807) is 0 Å². The molecule has 0 saturated carbocycles. The zero-order chi connectivity index (χ0) is 107. The van der Waals surface area contributed by atoms with Gasteiger partial charge in [0, 0.05) is 48.0 Å². The van der Waals surface area contributed by atoms with Crippen LogP contribution in [-0.4, -0.2) is 604 Å². The maximum absolute atomic E-state index is 13.6. The first-order chi connectivity index (χ1) is 68.4. The molecule has 11 aliphatic heterocycles. The van der Waals surface area contributed by atoms with Gasteiger partial charge in [-0.3, -0.25) is 28.8 Å². The molecule has 11 heterocycles. The third kappa shape index (κ3) is 26.9. The number of hydrogen-bond acceptors (Lipinski definition) is 57. The molecule has 0 radical (unpaired) electrons. The van der Waals surface area contributed by atoms with Gasteiger partial charge in [-0.15, -0.1) is 0 Å². The molecule has 64 nitrogen and oxygen atoms in total. The number of amides is 6. The Bertz CT molecular complexity index is 4150. The monoisotopic (exact) mass is 2120 g/mol. The number of carboxylic acids is 1. The smallest absolute Gasteiger partial charge is 0.364 e. The molecule has 0 aromatic carbocycles. The van der Waals surface area contributed by atoms with Gasteiger partial charge in [0.1, 0.15) is 256 Å². The van der Waals surface area contributed by atoms with Crippen molar-refractivity contribution in [2.75, 3.05) is 66.1 Å². The average Bonchev–Trinajstić information content (AvgIpc) is 0.749. The summed E-state index contributed by atoms with van der Waals surface area (Å²) in [6, 6.07) is -12.0. The van der Waals surface area contributed by atoms with Gasteiger partial charge < -0.3 is 285 Å². The molecule has 11 rings (SSSR count). The molecule has 836 valence electrons. The standard InChI is InChI=1S/C81H134N6O58/c1-19-43(104)55(116)58(119)75(127-19)125-17-35-63(52(113)38(70(122)128-35)83-21(3)97)137-73-41(86-24(6)100)53(114)62(33(15-94)134-73)139-77-60(121)67(64(140-71-39(84-22(4)98)50(111)45(106)28(10-89)129-71)36(136-77)18-126-78-68(56(117)47(108)30(12-91)132-78)142-72-40(85-23(5)99)51(112)46(107)29(11-90)130-72)141-79-69(57(118)48(109)31(13-92)133-79)143-74-42(87-25(7)101)54(115)61(34(16-95)135-74)138-76-59(120)66(49(110)32(14-93)131-76)145-81(80(123)124)8-26(102)37(82-20(2)96)65(144-81)44(105)27(103)9-88/h19,26-79,88-95,102-122H,8-18H2,1-7H3,(H,82,96)(H,83,97)(H,84,98)(H,85,99)(H,86,100)(H,87,101)(H,123,124)/t19-,26-,27+,28+,29+,30+,31+,32+,33+,34+,35+,36+,37+,38+,39+,40+,41+,42+,43+,44+,45+,46+,47+,48+,49-,50+,51+,52+,53+,54+,55+,56-,57-,58-,59+,60-,61+,62+,63+,64+,65+,66-,67+,68-,69-,70+,71-,72-,73-,74-,75+,76-,77-,78+,79-,81?/m0/s1. The van der Waals surface area contributed by atoms with Crippen molar-refractivity contribution in [1.29, 1.82) is 0 Å². The Kier molecular flexibility index (Phi) is 42.7. The summed E-state index contributed by atoms with van der Waals surface area (Å²) in [6.07, 6.45) is -112. The third-order valence-corrected chi connectivity index (χ3v) is 26.3. The highest BCUT2D eigenvalue weighted by Crippen LogP contribution is 2.44. The fourth-order valence-corrected chi connectivity index (χ4v) is 18.8. The summed E-state index contributed by atoms with van der Waals surface area (Å²) >= 11 is 0. The van der Waals surface area contributed by atoms with Crippen LogP contribution >= 0.6 is 0 Å². The molecule has 56 atom stereocenters. The van der Waals surface area contributed by atoms with Gasteiger partial charge in [0.15, 0.2) is 62.9 Å². The van der Waals surface area contributed by atoms with E-state index in [4.69, 9.17) is 99.5 Å². The maximum atomic E-state index is 13.6. The van der Waals surface area contributed by atoms with E-state index in [9.17, 15) is 187 Å². The van der Waals surface area contributed by atoms with Crippen LogP contribution in [0.3, 0.4) is 0 Å². The average molecular weight is 2120 g/mol. The van der Waals surface area contributed by atoms with Gasteiger partial charge in [0.05, 0.1) is 84.3 Å². The number of carbonyl (C=O) groups is 7. The molecule has 36 N–H and O–H groups in total. The summed E-state index contributed by atoms with van der Waals surface area (Å²) in [6.45, 7) is -5.81. The van der Waals surface area contributed by atoms with E-state index in [0.29, 0.717) is 0 Å². The SMILES string of the molecule is CC(=O)N[C@@H]1[C@@H](O)[C@H](O[C@@H]2O[C@H](CO)[C@@H](O[C@@H]3O[C@H](CO[C@@H]4O[C@H](CO)[C@@H](O)[C@H](O)[C@@H]4O[C@@H]4O[C@H](CO)[C@@H](O)[C@H](O)[C@H]4NC(C)=O)[C@@H](O[C@@H]4O[C@H](CO)[C@@H](O)[C@H](O)[C@H]4NC(C)=O)[C@H](O[C@@H]4O[C@H](CO)[C@@H](O)[C@H](O)[C@@H]4O[C@@H]4O[C@H](CO)[C@@H](O[C@@H]5O[C@H](CO)[C@H](O)[C@H](OC6(C(=O)O)C[C@H](O)[C@@H](NC(C)=O)[C@H]([C@H](O)[C@H](O)CO)O6)[C@H]5O)[C@H](O)[C@H]4NC(C)=O)[C@@H]3O)[C@H](O)[C@H]2NC(C)=O)[C@@H](CO[C@@H]2O[C@@H](C)[C@@H](O)[C@@H](O)[C@@H]2O)O[C@H]1O. The highest BCUT2D eigenvalue weighted by molar-refractivity contribution is 5.77. The number of ether oxygens (including phenoxy) is 21. The number of carbonyl (C=O) groups excluding carboxylic acids is 6. The second-order valence-corrected chi connectivity index (χ2v) is 36.7. The lowest BCUT2D eigenvalue weighted by Crippen LogP contribution is -2.72. The first kappa shape index (κ1) is 120. The van der Waals surface area contributed by atoms with E-state index in [1.807, 2.05) is 0 Å². The minimum absolute atomic E-state index is 0.820. The number of carboxylic acid groups (broad SMARTS) is 1. The van der Waals surface area contributed by atoms with Gasteiger partial charge in [0.25, 0.3) is 5.79 Å². The second kappa shape index (κ2) is 51.8. The first-order valence-corrected chi connectivity index (χ1v) is 46.1. The highest BCUT2D eigenvalue weighted by Gasteiger charge is 2.65. The second-order valence-electron chi connectivity index (χ2n) is 36.7. The summed E-state index contributed by atoms with van der Waals surface area (Å²) in [4.78, 5) is 91.5. The first-order valence-electron chi connectivity index (χ1n) is 46.1. The molecule has 11 aliphatic rings.